The molecule has 0 bridgehead atoms. The Labute approximate surface area is 172 Å². The number of nitrogens with zero attached hydrogens (tertiary/aromatic N) is 1. The Bertz CT molecular complexity index is 806. The molecule has 0 atom stereocenters. The molecule has 2 aromatic rings. The van der Waals surface area contributed by atoms with Crippen molar-refractivity contribution in [1.29, 1.82) is 0 Å². The summed E-state index contributed by atoms with van der Waals surface area (Å²) in [6, 6.07) is 11.9. The molecule has 0 unspecified atom stereocenters. The molecule has 1 saturated heterocycles. The second kappa shape index (κ2) is 10.2. The monoisotopic (exact) mass is 398 g/mol. The largest absolute Gasteiger partial charge is 0.493 e. The minimum Gasteiger partial charge on any atom is -0.493 e. The lowest BCUT2D eigenvalue weighted by atomic mass is 10.1. The maximum atomic E-state index is 12.5. The molecule has 29 heavy (non-hydrogen) atoms. The zero-order valence-electron chi connectivity index (χ0n) is 17.5. The zero-order chi connectivity index (χ0) is 20.6. The van der Waals surface area contributed by atoms with Crippen molar-refractivity contribution < 1.29 is 19.0 Å². The second-order valence-corrected chi connectivity index (χ2v) is 7.27. The first kappa shape index (κ1) is 21.0. The summed E-state index contributed by atoms with van der Waals surface area (Å²) in [7, 11) is 4.75. The molecule has 1 N–H and O–H groups in total. The maximum Gasteiger partial charge on any atom is 0.224 e. The summed E-state index contributed by atoms with van der Waals surface area (Å²) in [4.78, 5) is 14.9. The lowest BCUT2D eigenvalue weighted by Crippen LogP contribution is -2.18. The molecule has 0 aromatic heterocycles. The van der Waals surface area contributed by atoms with Crippen molar-refractivity contribution in [3.8, 4) is 17.2 Å². The Kier molecular flexibility index (Phi) is 7.36. The van der Waals surface area contributed by atoms with E-state index in [0.717, 1.165) is 30.9 Å². The van der Waals surface area contributed by atoms with Crippen molar-refractivity contribution in [2.45, 2.75) is 32.2 Å². The first-order valence-corrected chi connectivity index (χ1v) is 10.0. The number of benzene rings is 2. The fourth-order valence-electron chi connectivity index (χ4n) is 3.71. The van der Waals surface area contributed by atoms with Gasteiger partial charge in [0.2, 0.25) is 11.7 Å². The highest BCUT2D eigenvalue weighted by molar-refractivity contribution is 5.90. The summed E-state index contributed by atoms with van der Waals surface area (Å²) in [5, 5.41) is 3.01. The van der Waals surface area contributed by atoms with E-state index < -0.39 is 0 Å². The van der Waals surface area contributed by atoms with Gasteiger partial charge in [-0.05, 0) is 67.7 Å². The van der Waals surface area contributed by atoms with Crippen LogP contribution in [-0.2, 0) is 17.8 Å². The number of nitrogens with one attached hydrogen (secondary N) is 1. The van der Waals surface area contributed by atoms with Gasteiger partial charge in [-0.3, -0.25) is 9.69 Å². The molecule has 1 amide bonds. The third-order valence-corrected chi connectivity index (χ3v) is 5.18. The smallest absolute Gasteiger partial charge is 0.224 e. The normalized spacial score (nSPS) is 13.9. The van der Waals surface area contributed by atoms with E-state index in [1.54, 1.807) is 21.3 Å². The summed E-state index contributed by atoms with van der Waals surface area (Å²) in [6.07, 6.45) is 3.50. The van der Waals surface area contributed by atoms with Crippen LogP contribution in [0.1, 0.15) is 30.4 Å². The highest BCUT2D eigenvalue weighted by atomic mass is 16.5. The number of aryl methyl sites for hydroxylation is 1. The number of hydrogen-bond donors (Lipinski definition) is 1. The van der Waals surface area contributed by atoms with Crippen molar-refractivity contribution in [3.63, 3.8) is 0 Å². The zero-order valence-corrected chi connectivity index (χ0v) is 17.5. The van der Waals surface area contributed by atoms with E-state index in [2.05, 4.69) is 22.3 Å². The molecule has 6 nitrogen and oxygen atoms in total. The number of carbonyl (C=O) groups is 1. The first-order chi connectivity index (χ1) is 14.1. The van der Waals surface area contributed by atoms with Crippen LogP contribution in [0.15, 0.2) is 36.4 Å². The van der Waals surface area contributed by atoms with Crippen LogP contribution in [0.5, 0.6) is 17.2 Å². The average Bonchev–Trinajstić information content (AvgIpc) is 3.24. The highest BCUT2D eigenvalue weighted by Gasteiger charge is 2.15. The molecule has 0 saturated carbocycles. The SMILES string of the molecule is COc1cc(CCC(=O)Nc2cccc(CN3CCCC3)c2)cc(OC)c1OC. The number of amides is 1. The van der Waals surface area contributed by atoms with E-state index in [1.165, 1.54) is 18.4 Å². The fourth-order valence-corrected chi connectivity index (χ4v) is 3.71. The van der Waals surface area contributed by atoms with Crippen molar-refractivity contribution in [3.05, 3.63) is 47.5 Å². The van der Waals surface area contributed by atoms with E-state index in [-0.39, 0.29) is 5.91 Å². The Morgan fingerprint density at radius 3 is 2.28 bits per heavy atom. The Hall–Kier alpha value is -2.73. The molecular formula is C23H30N2O4. The standard InChI is InChI=1S/C23H30N2O4/c1-27-20-14-17(15-21(28-2)23(20)29-3)9-10-22(26)24-19-8-6-7-18(13-19)16-25-11-4-5-12-25/h6-8,13-15H,4-5,9-12,16H2,1-3H3,(H,24,26). The van der Waals surface area contributed by atoms with Crippen LogP contribution in [0, 0.1) is 0 Å². The number of ether oxygens (including phenoxy) is 3. The van der Waals surface area contributed by atoms with E-state index in [0.29, 0.717) is 30.1 Å². The Morgan fingerprint density at radius 1 is 0.966 bits per heavy atom. The number of likely N-dealkylation sites (tertiary alicyclic amines) is 1. The lowest BCUT2D eigenvalue weighted by molar-refractivity contribution is -0.116. The quantitative estimate of drug-likeness (QED) is 0.695. The highest BCUT2D eigenvalue weighted by Crippen LogP contribution is 2.38. The molecule has 1 fully saturated rings. The molecule has 0 aliphatic carbocycles. The van der Waals surface area contributed by atoms with Gasteiger partial charge in [-0.15, -0.1) is 0 Å². The summed E-state index contributed by atoms with van der Waals surface area (Å²) >= 11 is 0. The predicted octanol–water partition coefficient (Wildman–Crippen LogP) is 3.88. The summed E-state index contributed by atoms with van der Waals surface area (Å²) in [5.41, 5.74) is 3.03. The van der Waals surface area contributed by atoms with Crippen LogP contribution in [0.3, 0.4) is 0 Å². The summed E-state index contributed by atoms with van der Waals surface area (Å²) in [6.45, 7) is 3.26. The Balaban J connectivity index is 1.58. The molecule has 2 aromatic carbocycles. The van der Waals surface area contributed by atoms with Crippen molar-refractivity contribution >= 4 is 11.6 Å². The second-order valence-electron chi connectivity index (χ2n) is 7.27. The summed E-state index contributed by atoms with van der Waals surface area (Å²) in [5.74, 6) is 1.73. The van der Waals surface area contributed by atoms with Crippen molar-refractivity contribution in [2.75, 3.05) is 39.7 Å². The predicted molar refractivity (Wildman–Crippen MR) is 114 cm³/mol. The number of anilines is 1. The molecule has 3 rings (SSSR count). The third-order valence-electron chi connectivity index (χ3n) is 5.18. The van der Waals surface area contributed by atoms with Gasteiger partial charge >= 0.3 is 0 Å². The molecular weight excluding hydrogens is 368 g/mol. The third kappa shape index (κ3) is 5.64. The van der Waals surface area contributed by atoms with Crippen LogP contribution in [0.4, 0.5) is 5.69 Å². The van der Waals surface area contributed by atoms with Crippen LogP contribution in [-0.4, -0.2) is 45.2 Å². The van der Waals surface area contributed by atoms with Gasteiger partial charge in [-0.25, -0.2) is 0 Å². The van der Waals surface area contributed by atoms with Gasteiger partial charge in [0.15, 0.2) is 11.5 Å². The lowest BCUT2D eigenvalue weighted by Gasteiger charge is -2.15. The van der Waals surface area contributed by atoms with Gasteiger partial charge < -0.3 is 19.5 Å². The molecule has 156 valence electrons. The number of rotatable bonds is 9. The molecule has 6 heteroatoms. The van der Waals surface area contributed by atoms with Gasteiger partial charge in [-0.2, -0.15) is 0 Å². The van der Waals surface area contributed by atoms with Crippen LogP contribution in [0.25, 0.3) is 0 Å². The van der Waals surface area contributed by atoms with Gasteiger partial charge in [0.05, 0.1) is 21.3 Å². The van der Waals surface area contributed by atoms with Crippen molar-refractivity contribution in [2.24, 2.45) is 0 Å². The van der Waals surface area contributed by atoms with E-state index >= 15 is 0 Å². The minimum atomic E-state index is -0.0166. The van der Waals surface area contributed by atoms with Gasteiger partial charge in [0, 0.05) is 18.7 Å². The van der Waals surface area contributed by atoms with Crippen molar-refractivity contribution in [1.82, 2.24) is 4.90 Å². The van der Waals surface area contributed by atoms with Crippen LogP contribution >= 0.6 is 0 Å². The topological polar surface area (TPSA) is 60.0 Å². The van der Waals surface area contributed by atoms with E-state index in [1.807, 2.05) is 24.3 Å². The van der Waals surface area contributed by atoms with Gasteiger partial charge in [-0.1, -0.05) is 12.1 Å². The number of hydrogen-bond acceptors (Lipinski definition) is 5. The van der Waals surface area contributed by atoms with Gasteiger partial charge in [0.25, 0.3) is 0 Å². The average molecular weight is 399 g/mol. The summed E-state index contributed by atoms with van der Waals surface area (Å²) < 4.78 is 16.1. The molecule has 0 radical (unpaired) electrons. The Morgan fingerprint density at radius 2 is 1.66 bits per heavy atom. The minimum absolute atomic E-state index is 0.0166. The van der Waals surface area contributed by atoms with E-state index in [9.17, 15) is 4.79 Å². The molecule has 1 aliphatic rings. The van der Waals surface area contributed by atoms with Crippen LogP contribution < -0.4 is 19.5 Å². The molecule has 0 spiro atoms. The van der Waals surface area contributed by atoms with Crippen LogP contribution in [0.2, 0.25) is 0 Å². The molecule has 1 heterocycles. The maximum absolute atomic E-state index is 12.5. The van der Waals surface area contributed by atoms with Gasteiger partial charge in [0.1, 0.15) is 0 Å². The number of methoxy groups -OCH3 is 3. The van der Waals surface area contributed by atoms with E-state index in [4.69, 9.17) is 14.2 Å². The number of carbonyl (C=O) groups excluding carboxylic acids is 1. The fraction of sp³-hybridized carbons (Fsp3) is 0.435. The molecule has 1 aliphatic heterocycles. The first-order valence-electron chi connectivity index (χ1n) is 10.0.